The second-order valence-electron chi connectivity index (χ2n) is 10.2. The molecule has 2 aliphatic heterocycles. The fraction of sp³-hybridized carbons (Fsp3) is 0.300. The molecule has 2 saturated heterocycles. The highest BCUT2D eigenvalue weighted by Crippen LogP contribution is 2.35. The number of amides is 2. The smallest absolute Gasteiger partial charge is 0.315 e. The summed E-state index contributed by atoms with van der Waals surface area (Å²) in [6, 6.07) is 29.0. The molecule has 0 unspecified atom stereocenters. The number of urea groups is 1. The maximum Gasteiger partial charge on any atom is 0.315 e. The molecule has 5 heteroatoms. The van der Waals surface area contributed by atoms with E-state index < -0.39 is 5.79 Å². The molecule has 2 heterocycles. The van der Waals surface area contributed by atoms with E-state index in [1.807, 2.05) is 38.1 Å². The Labute approximate surface area is 205 Å². The summed E-state index contributed by atoms with van der Waals surface area (Å²) >= 11 is 0. The van der Waals surface area contributed by atoms with Gasteiger partial charge in [-0.3, -0.25) is 0 Å². The van der Waals surface area contributed by atoms with Gasteiger partial charge in [0.1, 0.15) is 12.2 Å². The van der Waals surface area contributed by atoms with E-state index in [4.69, 9.17) is 9.47 Å². The van der Waals surface area contributed by atoms with Crippen LogP contribution in [0.1, 0.15) is 25.0 Å². The highest BCUT2D eigenvalue weighted by Gasteiger charge is 2.50. The first-order valence-corrected chi connectivity index (χ1v) is 12.3. The van der Waals surface area contributed by atoms with Crippen LogP contribution in [0.15, 0.2) is 84.9 Å². The van der Waals surface area contributed by atoms with Crippen molar-refractivity contribution in [2.75, 3.05) is 0 Å². The quantitative estimate of drug-likeness (QED) is 0.426. The molecule has 0 bridgehead atoms. The van der Waals surface area contributed by atoms with Crippen LogP contribution in [0.4, 0.5) is 4.79 Å². The number of hydrogen-bond acceptors (Lipinski definition) is 3. The number of rotatable bonds is 4. The van der Waals surface area contributed by atoms with E-state index in [-0.39, 0.29) is 30.3 Å². The Hall–Kier alpha value is -3.41. The molecule has 2 aliphatic rings. The SMILES string of the molecule is CC1(C)O[C@@H]2[C@@H](O1)[C@@H](Cc1ccc3ccccc3c1)NC(=O)N[C@@H]2Cc1ccc2ccccc2c1. The number of nitrogens with one attached hydrogen (secondary N) is 2. The van der Waals surface area contributed by atoms with Crippen molar-refractivity contribution >= 4 is 27.6 Å². The third-order valence-electron chi connectivity index (χ3n) is 7.13. The molecule has 5 nitrogen and oxygen atoms in total. The molecule has 6 rings (SSSR count). The zero-order valence-corrected chi connectivity index (χ0v) is 20.0. The molecule has 0 aromatic heterocycles. The zero-order chi connectivity index (χ0) is 24.0. The van der Waals surface area contributed by atoms with Crippen LogP contribution >= 0.6 is 0 Å². The molecular weight excluding hydrogens is 436 g/mol. The van der Waals surface area contributed by atoms with Gasteiger partial charge in [0.2, 0.25) is 0 Å². The van der Waals surface area contributed by atoms with E-state index in [1.165, 1.54) is 21.5 Å². The van der Waals surface area contributed by atoms with E-state index in [0.29, 0.717) is 12.8 Å². The van der Waals surface area contributed by atoms with Crippen molar-refractivity contribution in [2.45, 2.75) is 56.8 Å². The third kappa shape index (κ3) is 4.49. The summed E-state index contributed by atoms with van der Waals surface area (Å²) in [5.41, 5.74) is 2.32. The van der Waals surface area contributed by atoms with Crippen molar-refractivity contribution in [1.82, 2.24) is 10.6 Å². The van der Waals surface area contributed by atoms with Crippen molar-refractivity contribution in [3.05, 3.63) is 96.1 Å². The molecule has 2 fully saturated rings. The van der Waals surface area contributed by atoms with Gasteiger partial charge in [-0.15, -0.1) is 0 Å². The summed E-state index contributed by atoms with van der Waals surface area (Å²) in [6.07, 6.45) is 0.810. The van der Waals surface area contributed by atoms with Crippen LogP contribution in [-0.4, -0.2) is 36.1 Å². The summed E-state index contributed by atoms with van der Waals surface area (Å²) in [7, 11) is 0. The van der Waals surface area contributed by atoms with Crippen LogP contribution in [0.3, 0.4) is 0 Å². The summed E-state index contributed by atoms with van der Waals surface area (Å²) in [5.74, 6) is -0.720. The first kappa shape index (κ1) is 22.1. The number of carbonyl (C=O) groups is 1. The maximum atomic E-state index is 13.0. The van der Waals surface area contributed by atoms with Crippen molar-refractivity contribution in [1.29, 1.82) is 0 Å². The molecule has 0 aliphatic carbocycles. The minimum absolute atomic E-state index is 0.180. The minimum Gasteiger partial charge on any atom is -0.342 e. The van der Waals surface area contributed by atoms with Gasteiger partial charge in [-0.2, -0.15) is 0 Å². The largest absolute Gasteiger partial charge is 0.342 e. The molecular formula is C30H30N2O3. The Morgan fingerprint density at radius 1 is 0.657 bits per heavy atom. The van der Waals surface area contributed by atoms with Gasteiger partial charge in [-0.1, -0.05) is 84.9 Å². The van der Waals surface area contributed by atoms with E-state index in [0.717, 1.165) is 11.1 Å². The van der Waals surface area contributed by atoms with Crippen LogP contribution in [-0.2, 0) is 22.3 Å². The van der Waals surface area contributed by atoms with E-state index >= 15 is 0 Å². The summed E-state index contributed by atoms with van der Waals surface area (Å²) in [4.78, 5) is 13.0. The molecule has 2 amide bonds. The molecule has 4 aromatic rings. The lowest BCUT2D eigenvalue weighted by molar-refractivity contribution is -0.150. The van der Waals surface area contributed by atoms with Gasteiger partial charge in [-0.05, 0) is 59.4 Å². The van der Waals surface area contributed by atoms with Crippen molar-refractivity contribution in [2.24, 2.45) is 0 Å². The van der Waals surface area contributed by atoms with Crippen LogP contribution in [0.2, 0.25) is 0 Å². The van der Waals surface area contributed by atoms with Crippen molar-refractivity contribution < 1.29 is 14.3 Å². The van der Waals surface area contributed by atoms with Gasteiger partial charge in [0.25, 0.3) is 0 Å². The Bertz CT molecular complexity index is 1300. The van der Waals surface area contributed by atoms with Crippen LogP contribution in [0.25, 0.3) is 21.5 Å². The normalized spacial score (nSPS) is 25.6. The lowest BCUT2D eigenvalue weighted by Crippen LogP contribution is -2.47. The molecule has 0 saturated carbocycles. The predicted octanol–water partition coefficient (Wildman–Crippen LogP) is 5.35. The lowest BCUT2D eigenvalue weighted by atomic mass is 9.91. The number of carbonyl (C=O) groups excluding carboxylic acids is 1. The van der Waals surface area contributed by atoms with Crippen LogP contribution in [0, 0.1) is 0 Å². The van der Waals surface area contributed by atoms with E-state index in [1.54, 1.807) is 0 Å². The first-order valence-electron chi connectivity index (χ1n) is 12.3. The average Bonchev–Trinajstić information content (AvgIpc) is 3.13. The molecule has 0 radical (unpaired) electrons. The van der Waals surface area contributed by atoms with Gasteiger partial charge in [-0.25, -0.2) is 4.79 Å². The number of fused-ring (bicyclic) bond motifs is 3. The molecule has 4 aromatic carbocycles. The second-order valence-corrected chi connectivity index (χ2v) is 10.2. The highest BCUT2D eigenvalue weighted by molar-refractivity contribution is 5.84. The van der Waals surface area contributed by atoms with E-state index in [2.05, 4.69) is 71.3 Å². The van der Waals surface area contributed by atoms with E-state index in [9.17, 15) is 4.79 Å². The second kappa shape index (κ2) is 8.67. The number of benzene rings is 4. The third-order valence-corrected chi connectivity index (χ3v) is 7.13. The van der Waals surface area contributed by atoms with Gasteiger partial charge in [0, 0.05) is 0 Å². The Balaban J connectivity index is 1.29. The number of ether oxygens (including phenoxy) is 2. The van der Waals surface area contributed by atoms with Crippen molar-refractivity contribution in [3.8, 4) is 0 Å². The molecule has 4 atom stereocenters. The van der Waals surface area contributed by atoms with Gasteiger partial charge >= 0.3 is 6.03 Å². The fourth-order valence-corrected chi connectivity index (χ4v) is 5.56. The molecule has 0 spiro atoms. The zero-order valence-electron chi connectivity index (χ0n) is 20.0. The van der Waals surface area contributed by atoms with Crippen LogP contribution in [0.5, 0.6) is 0 Å². The fourth-order valence-electron chi connectivity index (χ4n) is 5.56. The van der Waals surface area contributed by atoms with Gasteiger partial charge < -0.3 is 20.1 Å². The van der Waals surface area contributed by atoms with Crippen molar-refractivity contribution in [3.63, 3.8) is 0 Å². The summed E-state index contributed by atoms with van der Waals surface area (Å²) < 4.78 is 12.8. The Morgan fingerprint density at radius 3 is 1.54 bits per heavy atom. The van der Waals surface area contributed by atoms with Gasteiger partial charge in [0.05, 0.1) is 12.1 Å². The monoisotopic (exact) mass is 466 g/mol. The average molecular weight is 467 g/mol. The Kier molecular flexibility index (Phi) is 5.47. The molecule has 35 heavy (non-hydrogen) atoms. The predicted molar refractivity (Wildman–Crippen MR) is 138 cm³/mol. The first-order chi connectivity index (χ1) is 16.9. The standard InChI is InChI=1S/C30H30N2O3/c1-30(2)34-27-25(17-19-11-13-21-7-3-5-9-23(21)15-19)31-29(33)32-26(28(27)35-30)18-20-12-14-22-8-4-6-10-24(22)16-20/h3-16,25-28H,17-18H2,1-2H3,(H2,31,32,33)/t25-,26-,27+,28+/m1/s1. The summed E-state index contributed by atoms with van der Waals surface area (Å²) in [6.45, 7) is 3.90. The van der Waals surface area contributed by atoms with Crippen LogP contribution < -0.4 is 10.6 Å². The van der Waals surface area contributed by atoms with Gasteiger partial charge in [0.15, 0.2) is 5.79 Å². The summed E-state index contributed by atoms with van der Waals surface area (Å²) in [5, 5.41) is 11.1. The molecule has 178 valence electrons. The maximum absolute atomic E-state index is 13.0. The topological polar surface area (TPSA) is 59.6 Å². The highest BCUT2D eigenvalue weighted by atomic mass is 16.8. The minimum atomic E-state index is -0.720. The Morgan fingerprint density at radius 2 is 1.09 bits per heavy atom. The molecule has 2 N–H and O–H groups in total. The lowest BCUT2D eigenvalue weighted by Gasteiger charge is -2.26. The number of hydrogen-bond donors (Lipinski definition) is 2.